The van der Waals surface area contributed by atoms with Crippen LogP contribution in [0, 0.1) is 0 Å². The zero-order valence-corrected chi connectivity index (χ0v) is 17.4. The van der Waals surface area contributed by atoms with Crippen LogP contribution in [0.5, 0.6) is 0 Å². The van der Waals surface area contributed by atoms with Gasteiger partial charge in [-0.2, -0.15) is 0 Å². The van der Waals surface area contributed by atoms with Crippen molar-refractivity contribution in [3.8, 4) is 0 Å². The predicted molar refractivity (Wildman–Crippen MR) is 115 cm³/mol. The summed E-state index contributed by atoms with van der Waals surface area (Å²) in [5.74, 6) is 0.136. The van der Waals surface area contributed by atoms with E-state index in [1.807, 2.05) is 29.2 Å². The molecule has 7 heteroatoms. The second kappa shape index (κ2) is 8.09. The van der Waals surface area contributed by atoms with Crippen LogP contribution in [-0.2, 0) is 11.2 Å². The van der Waals surface area contributed by atoms with E-state index in [0.717, 1.165) is 42.4 Å². The van der Waals surface area contributed by atoms with Crippen molar-refractivity contribution in [2.24, 2.45) is 0 Å². The van der Waals surface area contributed by atoms with Crippen LogP contribution in [0.2, 0.25) is 5.02 Å². The molecule has 140 valence electrons. The summed E-state index contributed by atoms with van der Waals surface area (Å²) in [5, 5.41) is 1.70. The average Bonchev–Trinajstić information content (AvgIpc) is 3.13. The van der Waals surface area contributed by atoms with E-state index in [0.29, 0.717) is 11.4 Å². The van der Waals surface area contributed by atoms with Crippen molar-refractivity contribution in [1.29, 1.82) is 0 Å². The number of thiazole rings is 1. The van der Waals surface area contributed by atoms with Gasteiger partial charge in [0.25, 0.3) is 0 Å². The van der Waals surface area contributed by atoms with Gasteiger partial charge >= 0.3 is 0 Å². The van der Waals surface area contributed by atoms with Gasteiger partial charge in [-0.3, -0.25) is 4.79 Å². The van der Waals surface area contributed by atoms with Crippen LogP contribution in [0.1, 0.15) is 5.56 Å². The number of hydrogen-bond donors (Lipinski definition) is 0. The first-order valence-electron chi connectivity index (χ1n) is 8.85. The molecule has 0 spiro atoms. The number of fused-ring (bicyclic) bond motifs is 1. The number of carbonyl (C=O) groups excluding carboxylic acids is 1. The molecule has 2 aromatic carbocycles. The molecule has 0 atom stereocenters. The second-order valence-corrected chi connectivity index (χ2v) is 8.76. The molecule has 1 fully saturated rings. The zero-order valence-electron chi connectivity index (χ0n) is 15.0. The van der Waals surface area contributed by atoms with Crippen molar-refractivity contribution in [3.05, 3.63) is 53.1 Å². The highest BCUT2D eigenvalue weighted by Gasteiger charge is 2.23. The normalized spacial score (nSPS) is 14.7. The summed E-state index contributed by atoms with van der Waals surface area (Å²) in [4.78, 5) is 22.9. The number of nitrogens with zero attached hydrogens (tertiary/aromatic N) is 3. The number of benzene rings is 2. The van der Waals surface area contributed by atoms with E-state index in [2.05, 4.69) is 29.4 Å². The van der Waals surface area contributed by atoms with E-state index in [4.69, 9.17) is 16.6 Å². The number of rotatable bonds is 4. The van der Waals surface area contributed by atoms with Gasteiger partial charge in [-0.1, -0.05) is 41.1 Å². The summed E-state index contributed by atoms with van der Waals surface area (Å²) in [6.45, 7) is 3.05. The molecule has 0 N–H and O–H groups in total. The Balaban J connectivity index is 1.40. The molecule has 0 saturated carbocycles. The van der Waals surface area contributed by atoms with Crippen LogP contribution < -0.4 is 4.90 Å². The third-order valence-corrected chi connectivity index (χ3v) is 6.96. The highest BCUT2D eigenvalue weighted by molar-refractivity contribution is 7.98. The zero-order chi connectivity index (χ0) is 18.8. The van der Waals surface area contributed by atoms with Gasteiger partial charge in [0.2, 0.25) is 5.91 Å². The van der Waals surface area contributed by atoms with E-state index in [1.54, 1.807) is 23.1 Å². The van der Waals surface area contributed by atoms with E-state index in [-0.39, 0.29) is 5.91 Å². The van der Waals surface area contributed by atoms with Crippen molar-refractivity contribution in [2.75, 3.05) is 37.3 Å². The predicted octanol–water partition coefficient (Wildman–Crippen LogP) is 4.56. The molecule has 4 rings (SSSR count). The molecule has 1 aliphatic rings. The van der Waals surface area contributed by atoms with Gasteiger partial charge in [0.05, 0.1) is 16.6 Å². The van der Waals surface area contributed by atoms with Gasteiger partial charge in [-0.25, -0.2) is 4.98 Å². The summed E-state index contributed by atoms with van der Waals surface area (Å²) < 4.78 is 1.22. The van der Waals surface area contributed by atoms with Crippen LogP contribution in [-0.4, -0.2) is 48.2 Å². The molecular weight excluding hydrogens is 398 g/mol. The average molecular weight is 418 g/mol. The number of aromatic nitrogens is 1. The van der Waals surface area contributed by atoms with Gasteiger partial charge in [0, 0.05) is 36.1 Å². The lowest BCUT2D eigenvalue weighted by molar-refractivity contribution is -0.130. The van der Waals surface area contributed by atoms with Gasteiger partial charge in [0.15, 0.2) is 5.13 Å². The van der Waals surface area contributed by atoms with E-state index in [1.165, 1.54) is 9.60 Å². The number of amides is 1. The van der Waals surface area contributed by atoms with E-state index >= 15 is 0 Å². The van der Waals surface area contributed by atoms with Crippen molar-refractivity contribution < 1.29 is 4.79 Å². The standard InChI is InChI=1S/C20H20ClN3OS2/c1-26-15-6-7-17-18(13-15)27-20(22-17)24-10-8-23(9-11-24)19(25)12-14-4-2-3-5-16(14)21/h2-7,13H,8-12H2,1H3. The minimum Gasteiger partial charge on any atom is -0.345 e. The molecule has 0 bridgehead atoms. The Hall–Kier alpha value is -1.76. The lowest BCUT2D eigenvalue weighted by atomic mass is 10.1. The summed E-state index contributed by atoms with van der Waals surface area (Å²) in [7, 11) is 0. The fraction of sp³-hybridized carbons (Fsp3) is 0.300. The summed E-state index contributed by atoms with van der Waals surface area (Å²) >= 11 is 9.66. The molecule has 0 aliphatic carbocycles. The molecule has 2 heterocycles. The number of piperazine rings is 1. The van der Waals surface area contributed by atoms with Gasteiger partial charge in [-0.15, -0.1) is 11.8 Å². The Kier molecular flexibility index (Phi) is 5.57. The van der Waals surface area contributed by atoms with Crippen molar-refractivity contribution >= 4 is 56.0 Å². The van der Waals surface area contributed by atoms with E-state index < -0.39 is 0 Å². The summed E-state index contributed by atoms with van der Waals surface area (Å²) in [6, 6.07) is 14.0. The lowest BCUT2D eigenvalue weighted by Crippen LogP contribution is -2.49. The maximum Gasteiger partial charge on any atom is 0.227 e. The maximum absolute atomic E-state index is 12.6. The Morgan fingerprint density at radius 2 is 1.96 bits per heavy atom. The molecule has 1 amide bonds. The molecule has 1 aromatic heterocycles. The molecular formula is C20H20ClN3OS2. The monoisotopic (exact) mass is 417 g/mol. The largest absolute Gasteiger partial charge is 0.345 e. The topological polar surface area (TPSA) is 36.4 Å². The third-order valence-electron chi connectivity index (χ3n) is 4.79. The van der Waals surface area contributed by atoms with Gasteiger partial charge in [-0.05, 0) is 36.1 Å². The quantitative estimate of drug-likeness (QED) is 0.583. The molecule has 4 nitrogen and oxygen atoms in total. The summed E-state index contributed by atoms with van der Waals surface area (Å²) in [5.41, 5.74) is 1.94. The van der Waals surface area contributed by atoms with Crippen LogP contribution in [0.15, 0.2) is 47.4 Å². The SMILES string of the molecule is CSc1ccc2nc(N3CCN(C(=O)Cc4ccccc4Cl)CC3)sc2c1. The first-order valence-corrected chi connectivity index (χ1v) is 11.3. The fourth-order valence-corrected chi connectivity index (χ4v) is 4.99. The first-order chi connectivity index (χ1) is 13.1. The Bertz CT molecular complexity index is 967. The Morgan fingerprint density at radius 1 is 1.19 bits per heavy atom. The van der Waals surface area contributed by atoms with Crippen molar-refractivity contribution in [1.82, 2.24) is 9.88 Å². The molecule has 27 heavy (non-hydrogen) atoms. The fourth-order valence-electron chi connectivity index (χ4n) is 3.22. The lowest BCUT2D eigenvalue weighted by Gasteiger charge is -2.34. The number of anilines is 1. The van der Waals surface area contributed by atoms with Gasteiger partial charge in [0.1, 0.15) is 0 Å². The minimum absolute atomic E-state index is 0.136. The first kappa shape index (κ1) is 18.6. The van der Waals surface area contributed by atoms with Crippen LogP contribution in [0.25, 0.3) is 10.2 Å². The molecule has 1 saturated heterocycles. The third kappa shape index (κ3) is 4.08. The summed E-state index contributed by atoms with van der Waals surface area (Å²) in [6.07, 6.45) is 2.44. The Morgan fingerprint density at radius 3 is 2.70 bits per heavy atom. The van der Waals surface area contributed by atoms with Gasteiger partial charge < -0.3 is 9.80 Å². The van der Waals surface area contributed by atoms with Crippen molar-refractivity contribution in [3.63, 3.8) is 0 Å². The van der Waals surface area contributed by atoms with E-state index in [9.17, 15) is 4.79 Å². The van der Waals surface area contributed by atoms with Crippen LogP contribution in [0.3, 0.4) is 0 Å². The maximum atomic E-state index is 12.6. The number of thioether (sulfide) groups is 1. The Labute approximate surface area is 172 Å². The highest BCUT2D eigenvalue weighted by Crippen LogP contribution is 2.32. The second-order valence-electron chi connectivity index (χ2n) is 6.47. The molecule has 0 radical (unpaired) electrons. The van der Waals surface area contributed by atoms with Crippen molar-refractivity contribution in [2.45, 2.75) is 11.3 Å². The van der Waals surface area contributed by atoms with Crippen LogP contribution >= 0.6 is 34.7 Å². The number of halogens is 1. The molecule has 3 aromatic rings. The van der Waals surface area contributed by atoms with Crippen LogP contribution in [0.4, 0.5) is 5.13 Å². The smallest absolute Gasteiger partial charge is 0.227 e. The molecule has 1 aliphatic heterocycles. The highest BCUT2D eigenvalue weighted by atomic mass is 35.5. The molecule has 0 unspecified atom stereocenters. The number of hydrogen-bond acceptors (Lipinski definition) is 5. The number of carbonyl (C=O) groups is 1. The minimum atomic E-state index is 0.136.